The Morgan fingerprint density at radius 3 is 2.78 bits per heavy atom. The molecule has 1 aromatic carbocycles. The van der Waals surface area contributed by atoms with Gasteiger partial charge in [-0.25, -0.2) is 4.98 Å². The minimum Gasteiger partial charge on any atom is -0.341 e. The molecule has 2 aromatic heterocycles. The van der Waals surface area contributed by atoms with E-state index in [0.717, 1.165) is 42.7 Å². The molecule has 5 rings (SSSR count). The van der Waals surface area contributed by atoms with Gasteiger partial charge in [0.15, 0.2) is 5.13 Å². The van der Waals surface area contributed by atoms with Crippen LogP contribution in [0.5, 0.6) is 0 Å². The third-order valence-corrected chi connectivity index (χ3v) is 7.09. The number of likely N-dealkylation sites (tertiary alicyclic amines) is 2. The summed E-state index contributed by atoms with van der Waals surface area (Å²) in [5, 5.41) is 6.12. The van der Waals surface area contributed by atoms with Crippen LogP contribution in [0.15, 0.2) is 41.9 Å². The van der Waals surface area contributed by atoms with Crippen LogP contribution < -0.4 is 5.32 Å². The second-order valence-electron chi connectivity index (χ2n) is 8.57. The van der Waals surface area contributed by atoms with E-state index in [4.69, 9.17) is 4.98 Å². The Kier molecular flexibility index (Phi) is 6.14. The topological polar surface area (TPSA) is 78.4 Å². The first kappa shape index (κ1) is 21.0. The van der Waals surface area contributed by atoms with Crippen molar-refractivity contribution in [2.45, 2.75) is 31.6 Å². The summed E-state index contributed by atoms with van der Waals surface area (Å²) in [6, 6.07) is 9.61. The molecule has 0 spiro atoms. The molecule has 32 heavy (non-hydrogen) atoms. The molecule has 2 aliphatic heterocycles. The van der Waals surface area contributed by atoms with E-state index in [2.05, 4.69) is 15.2 Å². The molecule has 2 aliphatic rings. The lowest BCUT2D eigenvalue weighted by Crippen LogP contribution is -2.41. The smallest absolute Gasteiger partial charge is 0.258 e. The van der Waals surface area contributed by atoms with Gasteiger partial charge in [0, 0.05) is 41.7 Å². The van der Waals surface area contributed by atoms with Gasteiger partial charge in [0.2, 0.25) is 5.91 Å². The average Bonchev–Trinajstić information content (AvgIpc) is 3.51. The number of pyridine rings is 1. The quantitative estimate of drug-likeness (QED) is 0.642. The number of piperidine rings is 1. The zero-order valence-corrected chi connectivity index (χ0v) is 18.8. The molecule has 2 amide bonds. The van der Waals surface area contributed by atoms with Crippen molar-refractivity contribution in [2.75, 3.05) is 38.0 Å². The minimum absolute atomic E-state index is 0.135. The molecule has 1 atom stereocenters. The fourth-order valence-electron chi connectivity index (χ4n) is 4.68. The van der Waals surface area contributed by atoms with Crippen LogP contribution in [0.4, 0.5) is 5.13 Å². The summed E-state index contributed by atoms with van der Waals surface area (Å²) in [6.07, 6.45) is 6.17. The van der Waals surface area contributed by atoms with Gasteiger partial charge in [0.1, 0.15) is 0 Å². The van der Waals surface area contributed by atoms with Crippen molar-refractivity contribution in [3.05, 3.63) is 53.2 Å². The summed E-state index contributed by atoms with van der Waals surface area (Å²) in [7, 11) is 0. The Balaban J connectivity index is 1.35. The lowest BCUT2D eigenvalue weighted by atomic mass is 9.99. The number of rotatable bonds is 5. The van der Waals surface area contributed by atoms with Crippen LogP contribution in [0.3, 0.4) is 0 Å². The number of benzene rings is 1. The van der Waals surface area contributed by atoms with Crippen LogP contribution in [0, 0.1) is 0 Å². The number of hydrogen-bond donors (Lipinski definition) is 1. The Morgan fingerprint density at radius 1 is 1.12 bits per heavy atom. The monoisotopic (exact) mass is 449 g/mol. The summed E-state index contributed by atoms with van der Waals surface area (Å²) in [5.74, 6) is 0.157. The fraction of sp³-hybridized carbons (Fsp3) is 0.417. The predicted octanol–water partition coefficient (Wildman–Crippen LogP) is 3.75. The minimum atomic E-state index is -0.184. The Labute approximate surface area is 191 Å². The maximum atomic E-state index is 13.0. The number of nitrogens with zero attached hydrogens (tertiary/aromatic N) is 4. The second-order valence-corrected chi connectivity index (χ2v) is 9.46. The first-order valence-corrected chi connectivity index (χ1v) is 12.2. The highest BCUT2D eigenvalue weighted by atomic mass is 32.1. The summed E-state index contributed by atoms with van der Waals surface area (Å²) in [6.45, 7) is 3.96. The van der Waals surface area contributed by atoms with Crippen LogP contribution in [0.1, 0.15) is 47.7 Å². The van der Waals surface area contributed by atoms with Crippen molar-refractivity contribution >= 4 is 39.2 Å². The predicted molar refractivity (Wildman–Crippen MR) is 126 cm³/mol. The van der Waals surface area contributed by atoms with Gasteiger partial charge in [0.05, 0.1) is 17.6 Å². The van der Waals surface area contributed by atoms with Gasteiger partial charge in [-0.15, -0.1) is 11.3 Å². The summed E-state index contributed by atoms with van der Waals surface area (Å²) in [4.78, 5) is 39.2. The van der Waals surface area contributed by atoms with E-state index in [1.165, 1.54) is 30.6 Å². The van der Waals surface area contributed by atoms with E-state index in [1.807, 2.05) is 40.6 Å². The van der Waals surface area contributed by atoms with Crippen LogP contribution in [0.25, 0.3) is 10.9 Å². The third-order valence-electron chi connectivity index (χ3n) is 6.40. The number of thiazole rings is 1. The fourth-order valence-corrected chi connectivity index (χ4v) is 5.20. The number of para-hydroxylation sites is 1. The second kappa shape index (κ2) is 9.34. The number of fused-ring (bicyclic) bond motifs is 1. The Morgan fingerprint density at radius 2 is 1.97 bits per heavy atom. The maximum Gasteiger partial charge on any atom is 0.258 e. The molecule has 0 aliphatic carbocycles. The maximum absolute atomic E-state index is 13.0. The standard InChI is InChI=1S/C24H27N5O2S/c30-22(16-28-10-4-1-5-11-28)29-12-8-17(15-29)21-14-19(18-6-2-3-7-20(18)26-21)23(31)27-24-25-9-13-32-24/h2-3,6-7,9,13-14,17H,1,4-5,8,10-12,15-16H2,(H,25,27,31)/t17-/m0/s1. The van der Waals surface area contributed by atoms with Crippen LogP contribution in [-0.2, 0) is 4.79 Å². The van der Waals surface area contributed by atoms with Gasteiger partial charge in [-0.1, -0.05) is 24.6 Å². The number of anilines is 1. The molecule has 3 aromatic rings. The number of nitrogens with one attached hydrogen (secondary N) is 1. The number of amides is 2. The highest BCUT2D eigenvalue weighted by Crippen LogP contribution is 2.30. The van der Waals surface area contributed by atoms with E-state index in [1.54, 1.807) is 6.20 Å². The van der Waals surface area contributed by atoms with Crippen molar-refractivity contribution < 1.29 is 9.59 Å². The van der Waals surface area contributed by atoms with Gasteiger partial charge in [-0.05, 0) is 44.5 Å². The lowest BCUT2D eigenvalue weighted by Gasteiger charge is -2.28. The van der Waals surface area contributed by atoms with Gasteiger partial charge in [0.25, 0.3) is 5.91 Å². The van der Waals surface area contributed by atoms with Crippen molar-refractivity contribution in [3.63, 3.8) is 0 Å². The van der Waals surface area contributed by atoms with E-state index in [9.17, 15) is 9.59 Å². The molecule has 7 nitrogen and oxygen atoms in total. The van der Waals surface area contributed by atoms with Crippen molar-refractivity contribution in [2.24, 2.45) is 0 Å². The molecule has 1 N–H and O–H groups in total. The van der Waals surface area contributed by atoms with Crippen LogP contribution >= 0.6 is 11.3 Å². The van der Waals surface area contributed by atoms with Crippen molar-refractivity contribution in [1.82, 2.24) is 19.8 Å². The van der Waals surface area contributed by atoms with Gasteiger partial charge >= 0.3 is 0 Å². The zero-order chi connectivity index (χ0) is 21.9. The van der Waals surface area contributed by atoms with E-state index < -0.39 is 0 Å². The number of aromatic nitrogens is 2. The van der Waals surface area contributed by atoms with Crippen molar-refractivity contribution in [3.8, 4) is 0 Å². The summed E-state index contributed by atoms with van der Waals surface area (Å²) >= 11 is 1.39. The molecule has 2 fully saturated rings. The summed E-state index contributed by atoms with van der Waals surface area (Å²) < 4.78 is 0. The molecule has 4 heterocycles. The third kappa shape index (κ3) is 4.52. The van der Waals surface area contributed by atoms with E-state index >= 15 is 0 Å². The number of carbonyl (C=O) groups excluding carboxylic acids is 2. The van der Waals surface area contributed by atoms with E-state index in [-0.39, 0.29) is 17.7 Å². The van der Waals surface area contributed by atoms with E-state index in [0.29, 0.717) is 23.8 Å². The van der Waals surface area contributed by atoms with Gasteiger partial charge < -0.3 is 4.90 Å². The van der Waals surface area contributed by atoms with Gasteiger partial charge in [-0.2, -0.15) is 0 Å². The first-order chi connectivity index (χ1) is 15.7. The molecule has 0 radical (unpaired) electrons. The molecule has 0 saturated carbocycles. The van der Waals surface area contributed by atoms with Crippen LogP contribution in [-0.4, -0.2) is 64.3 Å². The molecular formula is C24H27N5O2S. The Hall–Kier alpha value is -2.84. The molecular weight excluding hydrogens is 422 g/mol. The molecule has 166 valence electrons. The highest BCUT2D eigenvalue weighted by Gasteiger charge is 2.30. The Bertz CT molecular complexity index is 1110. The average molecular weight is 450 g/mol. The highest BCUT2D eigenvalue weighted by molar-refractivity contribution is 7.13. The SMILES string of the molecule is O=C(Nc1nccs1)c1cc([C@H]2CCN(C(=O)CN3CCCCC3)C2)nc2ccccc12. The zero-order valence-electron chi connectivity index (χ0n) is 18.0. The molecule has 0 bridgehead atoms. The molecule has 2 saturated heterocycles. The first-order valence-electron chi connectivity index (χ1n) is 11.3. The normalized spacial score (nSPS) is 19.4. The van der Waals surface area contributed by atoms with Gasteiger partial charge in [-0.3, -0.25) is 24.8 Å². The number of carbonyl (C=O) groups is 2. The van der Waals surface area contributed by atoms with Crippen LogP contribution in [0.2, 0.25) is 0 Å². The summed E-state index contributed by atoms with van der Waals surface area (Å²) in [5.41, 5.74) is 2.27. The number of hydrogen-bond acceptors (Lipinski definition) is 6. The molecule has 8 heteroatoms. The van der Waals surface area contributed by atoms with Crippen molar-refractivity contribution in [1.29, 1.82) is 0 Å². The largest absolute Gasteiger partial charge is 0.341 e. The molecule has 0 unspecified atom stereocenters. The lowest BCUT2D eigenvalue weighted by molar-refractivity contribution is -0.131.